The van der Waals surface area contributed by atoms with Crippen LogP contribution in [0.15, 0.2) is 52.9 Å². The maximum absolute atomic E-state index is 12.6. The maximum Gasteiger partial charge on any atom is 0.268 e. The Kier molecular flexibility index (Phi) is 4.60. The van der Waals surface area contributed by atoms with Crippen molar-refractivity contribution in [3.8, 4) is 0 Å². The van der Waals surface area contributed by atoms with Crippen LogP contribution >= 0.6 is 11.3 Å². The quantitative estimate of drug-likeness (QED) is 0.716. The number of nitrogens with zero attached hydrogens (tertiary/aromatic N) is 2. The van der Waals surface area contributed by atoms with Crippen molar-refractivity contribution in [1.29, 1.82) is 0 Å². The summed E-state index contributed by atoms with van der Waals surface area (Å²) in [6.45, 7) is 1.91. The third-order valence-electron chi connectivity index (χ3n) is 3.38. The molecule has 0 atom stereocenters. The first-order chi connectivity index (χ1) is 11.8. The van der Waals surface area contributed by atoms with Crippen LogP contribution in [0.5, 0.6) is 0 Å². The van der Waals surface area contributed by atoms with E-state index in [1.165, 1.54) is 6.07 Å². The molecule has 0 aliphatic carbocycles. The van der Waals surface area contributed by atoms with Crippen LogP contribution < -0.4 is 10.0 Å². The molecule has 1 amide bonds. The highest BCUT2D eigenvalue weighted by Crippen LogP contribution is 2.25. The summed E-state index contributed by atoms with van der Waals surface area (Å²) in [7, 11) is -2.15. The number of hydrogen-bond acceptors (Lipinski definition) is 5. The monoisotopic (exact) mass is 376 g/mol. The average Bonchev–Trinajstić information content (AvgIpc) is 3.19. The van der Waals surface area contributed by atoms with Gasteiger partial charge in [0.05, 0.1) is 0 Å². The second kappa shape index (κ2) is 6.69. The summed E-state index contributed by atoms with van der Waals surface area (Å²) < 4.78 is 29.3. The van der Waals surface area contributed by atoms with Crippen molar-refractivity contribution in [2.45, 2.75) is 11.8 Å². The molecule has 0 aliphatic heterocycles. The average molecular weight is 376 g/mol. The van der Waals surface area contributed by atoms with E-state index in [1.807, 2.05) is 6.92 Å². The number of benzene rings is 1. The molecule has 2 heterocycles. The van der Waals surface area contributed by atoms with E-state index >= 15 is 0 Å². The van der Waals surface area contributed by atoms with Crippen molar-refractivity contribution in [1.82, 2.24) is 9.78 Å². The van der Waals surface area contributed by atoms with Crippen LogP contribution in [-0.4, -0.2) is 24.1 Å². The molecule has 130 valence electrons. The number of nitrogens with one attached hydrogen (secondary N) is 2. The Morgan fingerprint density at radius 3 is 2.52 bits per heavy atom. The van der Waals surface area contributed by atoms with Crippen LogP contribution in [0, 0.1) is 6.92 Å². The molecular weight excluding hydrogens is 360 g/mol. The molecule has 0 saturated carbocycles. The lowest BCUT2D eigenvalue weighted by Gasteiger charge is -2.09. The van der Waals surface area contributed by atoms with Gasteiger partial charge < -0.3 is 5.32 Å². The molecular formula is C16H16N4O3S2. The fraction of sp³-hybridized carbons (Fsp3) is 0.125. The van der Waals surface area contributed by atoms with Gasteiger partial charge in [-0.05, 0) is 30.5 Å². The fourth-order valence-corrected chi connectivity index (χ4v) is 4.54. The molecule has 0 spiro atoms. The Bertz CT molecular complexity index is 1000. The molecule has 3 aromatic rings. The van der Waals surface area contributed by atoms with Gasteiger partial charge in [-0.2, -0.15) is 5.10 Å². The van der Waals surface area contributed by atoms with Gasteiger partial charge in [0.2, 0.25) is 0 Å². The van der Waals surface area contributed by atoms with E-state index in [1.54, 1.807) is 53.6 Å². The minimum Gasteiger partial charge on any atom is -0.304 e. The third-order valence-corrected chi connectivity index (χ3v) is 5.85. The minimum atomic E-state index is -3.87. The summed E-state index contributed by atoms with van der Waals surface area (Å²) in [4.78, 5) is 12.4. The normalized spacial score (nSPS) is 11.3. The second-order valence-corrected chi connectivity index (χ2v) is 7.98. The molecule has 0 saturated heterocycles. The van der Waals surface area contributed by atoms with Crippen molar-refractivity contribution >= 4 is 38.8 Å². The van der Waals surface area contributed by atoms with Crippen LogP contribution in [0.1, 0.15) is 15.2 Å². The van der Waals surface area contributed by atoms with Crippen molar-refractivity contribution in [3.63, 3.8) is 0 Å². The third kappa shape index (κ3) is 3.89. The van der Waals surface area contributed by atoms with Gasteiger partial charge in [0.1, 0.15) is 9.77 Å². The van der Waals surface area contributed by atoms with Gasteiger partial charge in [-0.3, -0.25) is 14.2 Å². The number of thiophene rings is 1. The Labute approximate surface area is 149 Å². The lowest BCUT2D eigenvalue weighted by molar-refractivity contribution is 0.102. The number of sulfonamides is 1. The topological polar surface area (TPSA) is 93.1 Å². The van der Waals surface area contributed by atoms with Crippen molar-refractivity contribution < 1.29 is 13.2 Å². The fourth-order valence-electron chi connectivity index (χ4n) is 2.16. The summed E-state index contributed by atoms with van der Waals surface area (Å²) in [5.74, 6) is -0.159. The second-order valence-electron chi connectivity index (χ2n) is 5.41. The number of rotatable bonds is 5. The molecule has 0 aliphatic rings. The molecule has 0 radical (unpaired) electrons. The standard InChI is InChI=1S/C16H16N4O3S2/c1-11-3-5-12(6-4-11)19-25(22,23)13-8-10-24-15(13)16(21)17-14-7-9-20(2)18-14/h3-10,19H,1-2H3,(H,17,18,21). The first-order valence-corrected chi connectivity index (χ1v) is 9.69. The number of carbonyl (C=O) groups excluding carboxylic acids is 1. The van der Waals surface area contributed by atoms with Gasteiger partial charge in [0, 0.05) is 25.0 Å². The number of carbonyl (C=O) groups is 1. The van der Waals surface area contributed by atoms with E-state index in [9.17, 15) is 13.2 Å². The zero-order chi connectivity index (χ0) is 18.0. The number of anilines is 2. The largest absolute Gasteiger partial charge is 0.304 e. The molecule has 2 N–H and O–H groups in total. The first kappa shape index (κ1) is 17.2. The predicted molar refractivity (Wildman–Crippen MR) is 97.5 cm³/mol. The molecule has 1 aromatic carbocycles. The first-order valence-electron chi connectivity index (χ1n) is 7.33. The van der Waals surface area contributed by atoms with Crippen LogP contribution in [0.3, 0.4) is 0 Å². The molecule has 0 bridgehead atoms. The SMILES string of the molecule is Cc1ccc(NS(=O)(=O)c2ccsc2C(=O)Nc2ccn(C)n2)cc1. The summed E-state index contributed by atoms with van der Waals surface area (Å²) in [5.41, 5.74) is 1.46. The molecule has 9 heteroatoms. The lowest BCUT2D eigenvalue weighted by atomic mass is 10.2. The van der Waals surface area contributed by atoms with Gasteiger partial charge in [-0.1, -0.05) is 17.7 Å². The van der Waals surface area contributed by atoms with Gasteiger partial charge in [0.15, 0.2) is 5.82 Å². The summed E-state index contributed by atoms with van der Waals surface area (Å²) in [6.07, 6.45) is 1.68. The number of aromatic nitrogens is 2. The Morgan fingerprint density at radius 2 is 1.88 bits per heavy atom. The Morgan fingerprint density at radius 1 is 1.16 bits per heavy atom. The van der Waals surface area contributed by atoms with E-state index in [-0.39, 0.29) is 9.77 Å². The van der Waals surface area contributed by atoms with Gasteiger partial charge in [-0.25, -0.2) is 8.42 Å². The number of aryl methyl sites for hydroxylation is 2. The van der Waals surface area contributed by atoms with Crippen LogP contribution in [0.2, 0.25) is 0 Å². The highest BCUT2D eigenvalue weighted by Gasteiger charge is 2.24. The maximum atomic E-state index is 12.6. The molecule has 3 rings (SSSR count). The molecule has 0 fully saturated rings. The van der Waals surface area contributed by atoms with Crippen molar-refractivity contribution in [2.24, 2.45) is 7.05 Å². The Hall–Kier alpha value is -2.65. The van der Waals surface area contributed by atoms with Crippen molar-refractivity contribution in [3.05, 3.63) is 58.4 Å². The highest BCUT2D eigenvalue weighted by molar-refractivity contribution is 7.93. The lowest BCUT2D eigenvalue weighted by Crippen LogP contribution is -2.18. The van der Waals surface area contributed by atoms with E-state index < -0.39 is 15.9 Å². The highest BCUT2D eigenvalue weighted by atomic mass is 32.2. The van der Waals surface area contributed by atoms with Crippen LogP contribution in [0.25, 0.3) is 0 Å². The van der Waals surface area contributed by atoms with Crippen molar-refractivity contribution in [2.75, 3.05) is 10.0 Å². The summed E-state index contributed by atoms with van der Waals surface area (Å²) in [6, 6.07) is 10.00. The van der Waals surface area contributed by atoms with E-state index in [0.717, 1.165) is 16.9 Å². The van der Waals surface area contributed by atoms with E-state index in [4.69, 9.17) is 0 Å². The predicted octanol–water partition coefficient (Wildman–Crippen LogP) is 2.84. The molecule has 7 nitrogen and oxygen atoms in total. The number of hydrogen-bond donors (Lipinski definition) is 2. The van der Waals surface area contributed by atoms with Gasteiger partial charge in [0.25, 0.3) is 15.9 Å². The molecule has 0 unspecified atom stereocenters. The Balaban J connectivity index is 1.84. The van der Waals surface area contributed by atoms with Gasteiger partial charge in [-0.15, -0.1) is 11.3 Å². The number of amides is 1. The smallest absolute Gasteiger partial charge is 0.268 e. The zero-order valence-corrected chi connectivity index (χ0v) is 15.2. The molecule has 2 aromatic heterocycles. The van der Waals surface area contributed by atoms with Crippen LogP contribution in [0.4, 0.5) is 11.5 Å². The van der Waals surface area contributed by atoms with E-state index in [0.29, 0.717) is 11.5 Å². The van der Waals surface area contributed by atoms with Gasteiger partial charge >= 0.3 is 0 Å². The van der Waals surface area contributed by atoms with E-state index in [2.05, 4.69) is 15.1 Å². The molecule has 25 heavy (non-hydrogen) atoms. The zero-order valence-electron chi connectivity index (χ0n) is 13.6. The summed E-state index contributed by atoms with van der Waals surface area (Å²) in [5, 5.41) is 8.22. The minimum absolute atomic E-state index is 0.0634. The summed E-state index contributed by atoms with van der Waals surface area (Å²) >= 11 is 1.06. The van der Waals surface area contributed by atoms with Crippen LogP contribution in [-0.2, 0) is 17.1 Å².